The molecule has 0 unspecified atom stereocenters. The van der Waals surface area contributed by atoms with Crippen LogP contribution in [0.5, 0.6) is 0 Å². The molecule has 0 aliphatic heterocycles. The Labute approximate surface area is 166 Å². The number of hydrogen-bond acceptors (Lipinski definition) is 5. The van der Waals surface area contributed by atoms with Crippen LogP contribution in [0.2, 0.25) is 0 Å². The van der Waals surface area contributed by atoms with Gasteiger partial charge >= 0.3 is 0 Å². The van der Waals surface area contributed by atoms with E-state index >= 15 is 0 Å². The summed E-state index contributed by atoms with van der Waals surface area (Å²) >= 11 is 0. The van der Waals surface area contributed by atoms with Crippen molar-refractivity contribution in [2.45, 2.75) is 37.9 Å². The Morgan fingerprint density at radius 1 is 1.14 bits per heavy atom. The van der Waals surface area contributed by atoms with E-state index in [4.69, 9.17) is 0 Å². The summed E-state index contributed by atoms with van der Waals surface area (Å²) in [5.41, 5.74) is 2.99. The van der Waals surface area contributed by atoms with E-state index in [-0.39, 0.29) is 6.54 Å². The number of aromatic nitrogens is 6. The minimum Gasteiger partial charge on any atom is -0.269 e. The van der Waals surface area contributed by atoms with Crippen molar-refractivity contribution in [2.24, 2.45) is 0 Å². The second-order valence-electron chi connectivity index (χ2n) is 7.47. The van der Waals surface area contributed by atoms with E-state index in [0.717, 1.165) is 29.5 Å². The zero-order valence-electron chi connectivity index (χ0n) is 15.7. The summed E-state index contributed by atoms with van der Waals surface area (Å²) in [6.07, 6.45) is 9.90. The summed E-state index contributed by atoms with van der Waals surface area (Å²) in [4.78, 5) is 8.75. The number of nitriles is 1. The number of pyridine rings is 2. The van der Waals surface area contributed by atoms with E-state index in [1.54, 1.807) is 27.7 Å². The highest BCUT2D eigenvalue weighted by Crippen LogP contribution is 2.36. The third kappa shape index (κ3) is 3.25. The Morgan fingerprint density at radius 3 is 2.83 bits per heavy atom. The lowest BCUT2D eigenvalue weighted by atomic mass is 10.0. The minimum absolute atomic E-state index is 0.262. The van der Waals surface area contributed by atoms with Crippen LogP contribution in [0, 0.1) is 11.3 Å². The Bertz CT molecular complexity index is 1230. The van der Waals surface area contributed by atoms with Crippen LogP contribution in [-0.4, -0.2) is 35.0 Å². The molecule has 0 aromatic carbocycles. The van der Waals surface area contributed by atoms with Crippen LogP contribution >= 0.6 is 0 Å². The SMILES string of the molecule is N#Cc1ccc(-c2cnn(CC3(F)CCCC3)c2)c(-c2ccn3ncnc3c2)n1. The molecule has 1 aliphatic rings. The molecular weight excluding hydrogens is 369 g/mol. The third-order valence-corrected chi connectivity index (χ3v) is 5.45. The maximum absolute atomic E-state index is 14.8. The van der Waals surface area contributed by atoms with Crippen molar-refractivity contribution in [1.29, 1.82) is 5.26 Å². The molecule has 4 heterocycles. The van der Waals surface area contributed by atoms with Gasteiger partial charge in [-0.25, -0.2) is 18.9 Å². The highest BCUT2D eigenvalue weighted by atomic mass is 19.1. The molecule has 0 atom stereocenters. The first-order chi connectivity index (χ1) is 14.1. The van der Waals surface area contributed by atoms with E-state index in [2.05, 4.69) is 26.2 Å². The van der Waals surface area contributed by atoms with Gasteiger partial charge in [0.25, 0.3) is 0 Å². The summed E-state index contributed by atoms with van der Waals surface area (Å²) < 4.78 is 18.2. The molecule has 1 fully saturated rings. The molecule has 8 heteroatoms. The van der Waals surface area contributed by atoms with Gasteiger partial charge in [-0.1, -0.05) is 12.8 Å². The Balaban J connectivity index is 1.56. The third-order valence-electron chi connectivity index (χ3n) is 5.45. The summed E-state index contributed by atoms with van der Waals surface area (Å²) in [6.45, 7) is 0.262. The van der Waals surface area contributed by atoms with Crippen molar-refractivity contribution in [1.82, 2.24) is 29.4 Å². The summed E-state index contributed by atoms with van der Waals surface area (Å²) in [7, 11) is 0. The molecule has 0 N–H and O–H groups in total. The van der Waals surface area contributed by atoms with Gasteiger partial charge in [0, 0.05) is 29.1 Å². The van der Waals surface area contributed by atoms with Gasteiger partial charge in [0.05, 0.1) is 18.4 Å². The van der Waals surface area contributed by atoms with Gasteiger partial charge < -0.3 is 0 Å². The van der Waals surface area contributed by atoms with E-state index in [1.165, 1.54) is 6.33 Å². The zero-order chi connectivity index (χ0) is 19.8. The molecule has 0 saturated heterocycles. The predicted molar refractivity (Wildman–Crippen MR) is 104 cm³/mol. The Hall–Kier alpha value is -3.60. The first-order valence-electron chi connectivity index (χ1n) is 9.56. The summed E-state index contributed by atoms with van der Waals surface area (Å²) in [5, 5.41) is 17.8. The predicted octanol–water partition coefficient (Wildman–Crippen LogP) is 3.81. The molecule has 0 bridgehead atoms. The maximum atomic E-state index is 14.8. The number of fused-ring (bicyclic) bond motifs is 1. The van der Waals surface area contributed by atoms with Crippen molar-refractivity contribution in [3.63, 3.8) is 0 Å². The minimum atomic E-state index is -1.17. The molecule has 29 heavy (non-hydrogen) atoms. The monoisotopic (exact) mass is 387 g/mol. The van der Waals surface area contributed by atoms with Gasteiger partial charge in [-0.2, -0.15) is 15.5 Å². The highest BCUT2D eigenvalue weighted by Gasteiger charge is 2.34. The van der Waals surface area contributed by atoms with E-state index < -0.39 is 5.67 Å². The second-order valence-corrected chi connectivity index (χ2v) is 7.47. The van der Waals surface area contributed by atoms with Crippen LogP contribution in [0.25, 0.3) is 28.0 Å². The molecule has 4 aromatic heterocycles. The number of nitrogens with zero attached hydrogens (tertiary/aromatic N) is 7. The molecular formula is C21H18FN7. The van der Waals surface area contributed by atoms with Crippen LogP contribution in [0.3, 0.4) is 0 Å². The fourth-order valence-electron chi connectivity index (χ4n) is 3.98. The Kier molecular flexibility index (Phi) is 4.09. The molecule has 1 aliphatic carbocycles. The molecule has 7 nitrogen and oxygen atoms in total. The number of hydrogen-bond donors (Lipinski definition) is 0. The fraction of sp³-hybridized carbons (Fsp3) is 0.286. The fourth-order valence-corrected chi connectivity index (χ4v) is 3.98. The lowest BCUT2D eigenvalue weighted by Crippen LogP contribution is -2.25. The highest BCUT2D eigenvalue weighted by molar-refractivity contribution is 5.81. The largest absolute Gasteiger partial charge is 0.269 e. The lowest BCUT2D eigenvalue weighted by Gasteiger charge is -2.18. The van der Waals surface area contributed by atoms with Gasteiger partial charge in [0.15, 0.2) is 5.65 Å². The number of rotatable bonds is 4. The quantitative estimate of drug-likeness (QED) is 0.532. The molecule has 0 amide bonds. The van der Waals surface area contributed by atoms with Crippen molar-refractivity contribution in [2.75, 3.05) is 0 Å². The van der Waals surface area contributed by atoms with Crippen LogP contribution in [0.15, 0.2) is 49.2 Å². The van der Waals surface area contributed by atoms with Crippen LogP contribution in [0.1, 0.15) is 31.4 Å². The molecule has 5 rings (SSSR count). The Morgan fingerprint density at radius 2 is 2.00 bits per heavy atom. The molecule has 1 saturated carbocycles. The summed E-state index contributed by atoms with van der Waals surface area (Å²) in [5.74, 6) is 0. The average Bonchev–Trinajstić information content (AvgIpc) is 3.48. The first kappa shape index (κ1) is 17.5. The molecule has 0 spiro atoms. The maximum Gasteiger partial charge on any atom is 0.155 e. The summed E-state index contributed by atoms with van der Waals surface area (Å²) in [6, 6.07) is 9.39. The van der Waals surface area contributed by atoms with Gasteiger partial charge in [-0.3, -0.25) is 4.68 Å². The molecule has 144 valence electrons. The normalized spacial score (nSPS) is 15.6. The van der Waals surface area contributed by atoms with Gasteiger partial charge in [-0.05, 0) is 37.1 Å². The van der Waals surface area contributed by atoms with Gasteiger partial charge in [-0.15, -0.1) is 0 Å². The van der Waals surface area contributed by atoms with Crippen LogP contribution in [-0.2, 0) is 6.54 Å². The van der Waals surface area contributed by atoms with Crippen LogP contribution < -0.4 is 0 Å². The van der Waals surface area contributed by atoms with E-state index in [0.29, 0.717) is 29.9 Å². The molecule has 4 aromatic rings. The van der Waals surface area contributed by atoms with Crippen molar-refractivity contribution in [3.8, 4) is 28.5 Å². The van der Waals surface area contributed by atoms with Crippen LogP contribution in [0.4, 0.5) is 4.39 Å². The van der Waals surface area contributed by atoms with Gasteiger partial charge in [0.2, 0.25) is 0 Å². The molecule has 0 radical (unpaired) electrons. The van der Waals surface area contributed by atoms with Crippen molar-refractivity contribution >= 4 is 5.65 Å². The lowest BCUT2D eigenvalue weighted by molar-refractivity contribution is 0.139. The van der Waals surface area contributed by atoms with Crippen molar-refractivity contribution < 1.29 is 4.39 Å². The van der Waals surface area contributed by atoms with Crippen molar-refractivity contribution in [3.05, 3.63) is 54.9 Å². The van der Waals surface area contributed by atoms with Gasteiger partial charge in [0.1, 0.15) is 23.8 Å². The van der Waals surface area contributed by atoms with E-state index in [1.807, 2.05) is 24.4 Å². The zero-order valence-corrected chi connectivity index (χ0v) is 15.7. The smallest absolute Gasteiger partial charge is 0.155 e. The average molecular weight is 387 g/mol. The van der Waals surface area contributed by atoms with E-state index in [9.17, 15) is 9.65 Å². The second kappa shape index (κ2) is 6.78. The standard InChI is InChI=1S/C21H18FN7/c22-21(6-1-2-7-21)13-28-12-16(11-25-28)18-4-3-17(10-23)27-20(18)15-5-8-29-19(9-15)24-14-26-29/h3-5,8-9,11-12,14H,1-2,6-7,13H2. The first-order valence-corrected chi connectivity index (χ1v) is 9.56. The number of alkyl halides is 1. The topological polar surface area (TPSA) is 84.7 Å². The number of halogens is 1.